The smallest absolute Gasteiger partial charge is 0.160 e. The average Bonchev–Trinajstić information content (AvgIpc) is 3.06. The number of likely N-dealkylation sites (tertiary alicyclic amines) is 1. The molecule has 2 N–H and O–H groups in total. The number of rotatable bonds is 3. The van der Waals surface area contributed by atoms with Gasteiger partial charge in [0.05, 0.1) is 10.8 Å². The van der Waals surface area contributed by atoms with Crippen LogP contribution < -0.4 is 5.32 Å². The Morgan fingerprint density at radius 1 is 1.24 bits per heavy atom. The molecule has 130 valence electrons. The standard InChI is InChI=1S/C19H22N4O2/c1-12-5-6-14(17(24)8-12)18-15-10-25-11-16(15)19(22-21-18)20-13-4-3-7-23(2)9-13/h5-6,8,10-11,13,24H,3-4,7,9H2,1-2H3,(H,20,22)/t13-/m1/s1. The van der Waals surface area contributed by atoms with Crippen molar-refractivity contribution in [2.24, 2.45) is 0 Å². The number of hydrogen-bond acceptors (Lipinski definition) is 6. The van der Waals surface area contributed by atoms with Gasteiger partial charge in [0.1, 0.15) is 24.0 Å². The van der Waals surface area contributed by atoms with Crippen molar-refractivity contribution in [3.8, 4) is 17.0 Å². The minimum atomic E-state index is 0.200. The molecule has 3 heterocycles. The summed E-state index contributed by atoms with van der Waals surface area (Å²) in [6.45, 7) is 4.06. The summed E-state index contributed by atoms with van der Waals surface area (Å²) in [5.74, 6) is 0.936. The monoisotopic (exact) mass is 338 g/mol. The van der Waals surface area contributed by atoms with Gasteiger partial charge in [-0.15, -0.1) is 10.2 Å². The van der Waals surface area contributed by atoms with Crippen molar-refractivity contribution in [2.45, 2.75) is 25.8 Å². The molecule has 1 saturated heterocycles. The molecule has 0 aliphatic carbocycles. The van der Waals surface area contributed by atoms with Crippen LogP contribution >= 0.6 is 0 Å². The van der Waals surface area contributed by atoms with Crippen LogP contribution in [-0.4, -0.2) is 46.4 Å². The third-order valence-electron chi connectivity index (χ3n) is 4.80. The maximum absolute atomic E-state index is 10.3. The number of aryl methyl sites for hydroxylation is 1. The third-order valence-corrected chi connectivity index (χ3v) is 4.80. The fourth-order valence-electron chi connectivity index (χ4n) is 3.50. The molecule has 2 aromatic heterocycles. The van der Waals surface area contributed by atoms with Crippen molar-refractivity contribution in [2.75, 3.05) is 25.5 Å². The van der Waals surface area contributed by atoms with E-state index in [4.69, 9.17) is 4.42 Å². The van der Waals surface area contributed by atoms with Gasteiger partial charge in [-0.25, -0.2) is 0 Å². The summed E-state index contributed by atoms with van der Waals surface area (Å²) in [6, 6.07) is 5.90. The van der Waals surface area contributed by atoms with Crippen molar-refractivity contribution in [1.82, 2.24) is 15.1 Å². The fourth-order valence-corrected chi connectivity index (χ4v) is 3.50. The largest absolute Gasteiger partial charge is 0.507 e. The number of nitrogens with zero attached hydrogens (tertiary/aromatic N) is 3. The van der Waals surface area contributed by atoms with E-state index < -0.39 is 0 Å². The molecular formula is C19H22N4O2. The number of aromatic hydroxyl groups is 1. The van der Waals surface area contributed by atoms with Gasteiger partial charge < -0.3 is 19.7 Å². The maximum atomic E-state index is 10.3. The lowest BCUT2D eigenvalue weighted by atomic mass is 10.0. The zero-order valence-corrected chi connectivity index (χ0v) is 14.5. The van der Waals surface area contributed by atoms with Gasteiger partial charge in [0.25, 0.3) is 0 Å². The second kappa shape index (κ2) is 6.37. The number of furan rings is 1. The highest BCUT2D eigenvalue weighted by Crippen LogP contribution is 2.35. The quantitative estimate of drug-likeness (QED) is 0.762. The predicted molar refractivity (Wildman–Crippen MR) is 97.8 cm³/mol. The van der Waals surface area contributed by atoms with Gasteiger partial charge in [-0.05, 0) is 51.1 Å². The minimum absolute atomic E-state index is 0.200. The number of benzene rings is 1. The van der Waals surface area contributed by atoms with E-state index in [1.807, 2.05) is 19.1 Å². The second-order valence-corrected chi connectivity index (χ2v) is 6.86. The highest BCUT2D eigenvalue weighted by molar-refractivity contribution is 6.00. The Hall–Kier alpha value is -2.60. The van der Waals surface area contributed by atoms with Gasteiger partial charge in [-0.2, -0.15) is 0 Å². The number of piperidine rings is 1. The highest BCUT2D eigenvalue weighted by Gasteiger charge is 2.20. The Labute approximate surface area is 146 Å². The van der Waals surface area contributed by atoms with Crippen LogP contribution in [0, 0.1) is 6.92 Å². The van der Waals surface area contributed by atoms with Crippen LogP contribution in [0.5, 0.6) is 5.75 Å². The lowest BCUT2D eigenvalue weighted by Gasteiger charge is -2.30. The van der Waals surface area contributed by atoms with E-state index in [1.165, 1.54) is 6.42 Å². The molecule has 0 saturated carbocycles. The van der Waals surface area contributed by atoms with E-state index in [0.29, 0.717) is 17.3 Å². The van der Waals surface area contributed by atoms with E-state index in [1.54, 1.807) is 18.6 Å². The first-order valence-electron chi connectivity index (χ1n) is 8.59. The summed E-state index contributed by atoms with van der Waals surface area (Å²) in [4.78, 5) is 2.32. The van der Waals surface area contributed by atoms with Gasteiger partial charge in [0.15, 0.2) is 5.82 Å². The summed E-state index contributed by atoms with van der Waals surface area (Å²) >= 11 is 0. The normalized spacial score (nSPS) is 18.6. The summed E-state index contributed by atoms with van der Waals surface area (Å²) in [7, 11) is 2.14. The Morgan fingerprint density at radius 2 is 2.08 bits per heavy atom. The first-order valence-corrected chi connectivity index (χ1v) is 8.59. The van der Waals surface area contributed by atoms with Gasteiger partial charge in [-0.3, -0.25) is 0 Å². The summed E-state index contributed by atoms with van der Waals surface area (Å²) in [5, 5.41) is 24.3. The summed E-state index contributed by atoms with van der Waals surface area (Å²) in [5.41, 5.74) is 2.29. The SMILES string of the molecule is Cc1ccc(-c2nnc(N[C@@H]3CCCN(C)C3)c3cocc23)c(O)c1. The lowest BCUT2D eigenvalue weighted by Crippen LogP contribution is -2.39. The molecule has 1 aromatic carbocycles. The molecule has 6 nitrogen and oxygen atoms in total. The predicted octanol–water partition coefficient (Wildman–Crippen LogP) is 3.41. The summed E-state index contributed by atoms with van der Waals surface area (Å²) in [6.07, 6.45) is 5.64. The van der Waals surface area contributed by atoms with Crippen LogP contribution in [-0.2, 0) is 0 Å². The van der Waals surface area contributed by atoms with E-state index >= 15 is 0 Å². The molecule has 1 atom stereocenters. The van der Waals surface area contributed by atoms with Crippen LogP contribution in [0.25, 0.3) is 22.0 Å². The number of nitrogens with one attached hydrogen (secondary N) is 1. The first-order chi connectivity index (χ1) is 12.1. The third kappa shape index (κ3) is 3.05. The zero-order valence-electron chi connectivity index (χ0n) is 14.5. The molecule has 6 heteroatoms. The molecule has 0 radical (unpaired) electrons. The van der Waals surface area contributed by atoms with Crippen LogP contribution in [0.15, 0.2) is 35.1 Å². The van der Waals surface area contributed by atoms with E-state index in [-0.39, 0.29) is 5.75 Å². The number of phenols is 1. The molecule has 25 heavy (non-hydrogen) atoms. The van der Waals surface area contributed by atoms with E-state index in [0.717, 1.165) is 41.7 Å². The maximum Gasteiger partial charge on any atom is 0.160 e. The molecule has 4 rings (SSSR count). The van der Waals surface area contributed by atoms with Gasteiger partial charge in [0, 0.05) is 18.2 Å². The molecule has 3 aromatic rings. The number of aromatic nitrogens is 2. The van der Waals surface area contributed by atoms with Gasteiger partial charge in [0.2, 0.25) is 0 Å². The Balaban J connectivity index is 1.71. The first kappa shape index (κ1) is 15.9. The Bertz CT molecular complexity index is 906. The zero-order chi connectivity index (χ0) is 17.4. The second-order valence-electron chi connectivity index (χ2n) is 6.86. The van der Waals surface area contributed by atoms with Crippen molar-refractivity contribution < 1.29 is 9.52 Å². The van der Waals surface area contributed by atoms with Crippen molar-refractivity contribution in [1.29, 1.82) is 0 Å². The molecular weight excluding hydrogens is 316 g/mol. The van der Waals surface area contributed by atoms with Crippen LogP contribution in [0.1, 0.15) is 18.4 Å². The number of fused-ring (bicyclic) bond motifs is 1. The van der Waals surface area contributed by atoms with Gasteiger partial charge in [-0.1, -0.05) is 6.07 Å². The molecule has 1 fully saturated rings. The average molecular weight is 338 g/mol. The fraction of sp³-hybridized carbons (Fsp3) is 0.368. The van der Waals surface area contributed by atoms with Crippen LogP contribution in [0.3, 0.4) is 0 Å². The topological polar surface area (TPSA) is 74.4 Å². The number of hydrogen-bond donors (Lipinski definition) is 2. The Morgan fingerprint density at radius 3 is 2.88 bits per heavy atom. The van der Waals surface area contributed by atoms with Gasteiger partial charge >= 0.3 is 0 Å². The van der Waals surface area contributed by atoms with Crippen LogP contribution in [0.4, 0.5) is 5.82 Å². The number of phenolic OH excluding ortho intramolecular Hbond substituents is 1. The summed E-state index contributed by atoms with van der Waals surface area (Å²) < 4.78 is 5.43. The number of likely N-dealkylation sites (N-methyl/N-ethyl adjacent to an activating group) is 1. The van der Waals surface area contributed by atoms with Crippen molar-refractivity contribution in [3.05, 3.63) is 36.3 Å². The number of anilines is 1. The van der Waals surface area contributed by atoms with E-state index in [9.17, 15) is 5.11 Å². The van der Waals surface area contributed by atoms with Crippen molar-refractivity contribution in [3.63, 3.8) is 0 Å². The Kier molecular flexibility index (Phi) is 4.05. The molecule has 1 aliphatic heterocycles. The molecule has 0 amide bonds. The van der Waals surface area contributed by atoms with Crippen molar-refractivity contribution >= 4 is 16.6 Å². The lowest BCUT2D eigenvalue weighted by molar-refractivity contribution is 0.261. The van der Waals surface area contributed by atoms with E-state index in [2.05, 4.69) is 27.5 Å². The van der Waals surface area contributed by atoms with Crippen LogP contribution in [0.2, 0.25) is 0 Å². The molecule has 1 aliphatic rings. The molecule has 0 unspecified atom stereocenters. The minimum Gasteiger partial charge on any atom is -0.507 e. The highest BCUT2D eigenvalue weighted by atomic mass is 16.3. The molecule has 0 spiro atoms. The molecule has 0 bridgehead atoms.